The second kappa shape index (κ2) is 7.85. The zero-order chi connectivity index (χ0) is 17.8. The van der Waals surface area contributed by atoms with Gasteiger partial charge in [0.1, 0.15) is 11.5 Å². The monoisotopic (exact) mass is 343 g/mol. The van der Waals surface area contributed by atoms with E-state index in [0.717, 1.165) is 51.9 Å². The fraction of sp³-hybridized carbons (Fsp3) is 0.632. The lowest BCUT2D eigenvalue weighted by Gasteiger charge is -2.32. The minimum atomic E-state index is 0.112. The summed E-state index contributed by atoms with van der Waals surface area (Å²) in [5.41, 5.74) is 1.95. The molecule has 25 heavy (non-hydrogen) atoms. The lowest BCUT2D eigenvalue weighted by atomic mass is 9.93. The zero-order valence-electron chi connectivity index (χ0n) is 15.6. The predicted molar refractivity (Wildman–Crippen MR) is 97.5 cm³/mol. The smallest absolute Gasteiger partial charge is 0.272 e. The van der Waals surface area contributed by atoms with E-state index >= 15 is 0 Å². The predicted octanol–water partition coefficient (Wildman–Crippen LogP) is 2.91. The molecular weight excluding hydrogens is 314 g/mol. The van der Waals surface area contributed by atoms with Crippen molar-refractivity contribution in [2.45, 2.75) is 59.5 Å². The highest BCUT2D eigenvalue weighted by Crippen LogP contribution is 2.23. The first-order valence-corrected chi connectivity index (χ1v) is 9.46. The molecule has 1 aliphatic heterocycles. The lowest BCUT2D eigenvalue weighted by molar-refractivity contribution is 0.0677. The lowest BCUT2D eigenvalue weighted by Crippen LogP contribution is -2.40. The Morgan fingerprint density at radius 2 is 2.04 bits per heavy atom. The van der Waals surface area contributed by atoms with Gasteiger partial charge in [-0.3, -0.25) is 9.48 Å². The highest BCUT2D eigenvalue weighted by molar-refractivity contribution is 5.92. The normalized spacial score (nSPS) is 15.7. The number of hydrogen-bond acceptors (Lipinski definition) is 3. The summed E-state index contributed by atoms with van der Waals surface area (Å²) in [6.45, 7) is 9.76. The Morgan fingerprint density at radius 3 is 2.72 bits per heavy atom. The van der Waals surface area contributed by atoms with Crippen LogP contribution < -0.4 is 0 Å². The fourth-order valence-electron chi connectivity index (χ4n) is 3.73. The molecule has 0 aromatic carbocycles. The Balaban J connectivity index is 1.58. The van der Waals surface area contributed by atoms with Crippen molar-refractivity contribution >= 4 is 5.91 Å². The largest absolute Gasteiger partial charge is 0.337 e. The van der Waals surface area contributed by atoms with Crippen LogP contribution in [0.25, 0.3) is 0 Å². The van der Waals surface area contributed by atoms with Crippen LogP contribution in [0.4, 0.5) is 0 Å². The summed E-state index contributed by atoms with van der Waals surface area (Å²) in [7, 11) is 0. The van der Waals surface area contributed by atoms with Crippen molar-refractivity contribution in [3.63, 3.8) is 0 Å². The molecule has 1 aliphatic rings. The summed E-state index contributed by atoms with van der Waals surface area (Å²) < 4.78 is 4.12. The quantitative estimate of drug-likeness (QED) is 0.810. The van der Waals surface area contributed by atoms with Gasteiger partial charge in [0.25, 0.3) is 5.91 Å². The SMILES string of the molecule is CCCn1c(C)cnc1CC1CCN(C(=O)c2ccnn2CC)CC1. The molecule has 1 fully saturated rings. The van der Waals surface area contributed by atoms with Crippen molar-refractivity contribution in [2.75, 3.05) is 13.1 Å². The number of amides is 1. The summed E-state index contributed by atoms with van der Waals surface area (Å²) in [5, 5.41) is 4.21. The highest BCUT2D eigenvalue weighted by atomic mass is 16.2. The second-order valence-electron chi connectivity index (χ2n) is 6.94. The third kappa shape index (κ3) is 3.78. The molecule has 6 heteroatoms. The van der Waals surface area contributed by atoms with Crippen molar-refractivity contribution in [1.29, 1.82) is 0 Å². The summed E-state index contributed by atoms with van der Waals surface area (Å²) in [6, 6.07) is 1.82. The van der Waals surface area contributed by atoms with E-state index in [9.17, 15) is 4.79 Å². The summed E-state index contributed by atoms with van der Waals surface area (Å²) in [6.07, 6.45) is 7.92. The molecule has 6 nitrogen and oxygen atoms in total. The van der Waals surface area contributed by atoms with Crippen molar-refractivity contribution < 1.29 is 4.79 Å². The molecule has 2 aromatic rings. The first-order chi connectivity index (χ1) is 12.1. The minimum absolute atomic E-state index is 0.112. The standard InChI is InChI=1S/C19H29N5O/c1-4-10-23-15(3)14-20-18(23)13-16-7-11-22(12-8-16)19(25)17-6-9-21-24(17)5-2/h6,9,14,16H,4-5,7-8,10-13H2,1-3H3. The molecule has 1 saturated heterocycles. The van der Waals surface area contributed by atoms with E-state index < -0.39 is 0 Å². The van der Waals surface area contributed by atoms with Crippen LogP contribution >= 0.6 is 0 Å². The molecule has 0 atom stereocenters. The van der Waals surface area contributed by atoms with Crippen molar-refractivity contribution in [1.82, 2.24) is 24.2 Å². The molecule has 0 radical (unpaired) electrons. The Hall–Kier alpha value is -2.11. The molecule has 3 heterocycles. The summed E-state index contributed by atoms with van der Waals surface area (Å²) >= 11 is 0. The Bertz CT molecular complexity index is 709. The number of likely N-dealkylation sites (tertiary alicyclic amines) is 1. The average Bonchev–Trinajstić information content (AvgIpc) is 3.24. The van der Waals surface area contributed by atoms with Crippen molar-refractivity contribution in [3.8, 4) is 0 Å². The number of carbonyl (C=O) groups excluding carboxylic acids is 1. The number of hydrogen-bond donors (Lipinski definition) is 0. The molecule has 0 unspecified atom stereocenters. The first kappa shape index (κ1) is 17.7. The summed E-state index contributed by atoms with van der Waals surface area (Å²) in [4.78, 5) is 19.3. The second-order valence-corrected chi connectivity index (χ2v) is 6.94. The third-order valence-electron chi connectivity index (χ3n) is 5.19. The maximum absolute atomic E-state index is 12.7. The maximum Gasteiger partial charge on any atom is 0.272 e. The van der Waals surface area contributed by atoms with Gasteiger partial charge in [-0.1, -0.05) is 6.92 Å². The zero-order valence-corrected chi connectivity index (χ0v) is 15.6. The number of piperidine rings is 1. The number of nitrogens with zero attached hydrogens (tertiary/aromatic N) is 5. The highest BCUT2D eigenvalue weighted by Gasteiger charge is 2.26. The van der Waals surface area contributed by atoms with Gasteiger partial charge in [-0.25, -0.2) is 4.98 Å². The van der Waals surface area contributed by atoms with E-state index in [1.54, 1.807) is 10.9 Å². The van der Waals surface area contributed by atoms with Crippen LogP contribution in [0.5, 0.6) is 0 Å². The maximum atomic E-state index is 12.7. The number of aromatic nitrogens is 4. The van der Waals surface area contributed by atoms with Crippen LogP contribution in [0.3, 0.4) is 0 Å². The van der Waals surface area contributed by atoms with E-state index in [2.05, 4.69) is 28.5 Å². The van der Waals surface area contributed by atoms with Crippen LogP contribution in [-0.4, -0.2) is 43.2 Å². The van der Waals surface area contributed by atoms with Gasteiger partial charge in [-0.15, -0.1) is 0 Å². The van der Waals surface area contributed by atoms with Crippen molar-refractivity contribution in [2.24, 2.45) is 5.92 Å². The van der Waals surface area contributed by atoms with Crippen molar-refractivity contribution in [3.05, 3.63) is 35.7 Å². The molecule has 136 valence electrons. The van der Waals surface area contributed by atoms with E-state index in [0.29, 0.717) is 11.6 Å². The molecule has 0 saturated carbocycles. The van der Waals surface area contributed by atoms with E-state index in [1.165, 1.54) is 11.5 Å². The minimum Gasteiger partial charge on any atom is -0.337 e. The number of aryl methyl sites for hydroxylation is 2. The number of rotatable bonds is 6. The first-order valence-electron chi connectivity index (χ1n) is 9.46. The summed E-state index contributed by atoms with van der Waals surface area (Å²) in [5.74, 6) is 1.92. The molecule has 1 amide bonds. The van der Waals surface area contributed by atoms with Gasteiger partial charge < -0.3 is 9.47 Å². The van der Waals surface area contributed by atoms with Gasteiger partial charge in [-0.05, 0) is 45.1 Å². The van der Waals surface area contributed by atoms with Gasteiger partial charge >= 0.3 is 0 Å². The van der Waals surface area contributed by atoms with Crippen LogP contribution in [0, 0.1) is 12.8 Å². The Kier molecular flexibility index (Phi) is 5.56. The molecule has 3 rings (SSSR count). The van der Waals surface area contributed by atoms with Gasteiger partial charge in [0, 0.05) is 50.7 Å². The number of imidazole rings is 1. The molecule has 0 N–H and O–H groups in total. The topological polar surface area (TPSA) is 56.0 Å². The Morgan fingerprint density at radius 1 is 1.28 bits per heavy atom. The molecule has 0 aliphatic carbocycles. The fourth-order valence-corrected chi connectivity index (χ4v) is 3.73. The van der Waals surface area contributed by atoms with Crippen LogP contribution in [-0.2, 0) is 19.5 Å². The van der Waals surface area contributed by atoms with Gasteiger partial charge in [0.05, 0.1) is 0 Å². The van der Waals surface area contributed by atoms with E-state index in [-0.39, 0.29) is 5.91 Å². The third-order valence-corrected chi connectivity index (χ3v) is 5.19. The van der Waals surface area contributed by atoms with Crippen LogP contribution in [0.15, 0.2) is 18.5 Å². The van der Waals surface area contributed by atoms with E-state index in [4.69, 9.17) is 0 Å². The number of carbonyl (C=O) groups is 1. The molecular formula is C19H29N5O. The average molecular weight is 343 g/mol. The van der Waals surface area contributed by atoms with E-state index in [1.807, 2.05) is 24.1 Å². The van der Waals surface area contributed by atoms with Gasteiger partial charge in [0.15, 0.2) is 0 Å². The van der Waals surface area contributed by atoms with Crippen LogP contribution in [0.2, 0.25) is 0 Å². The van der Waals surface area contributed by atoms with Crippen LogP contribution in [0.1, 0.15) is 55.1 Å². The molecule has 0 bridgehead atoms. The molecule has 0 spiro atoms. The van der Waals surface area contributed by atoms with Gasteiger partial charge in [0.2, 0.25) is 0 Å². The Labute approximate surface area is 149 Å². The molecule has 2 aromatic heterocycles. The van der Waals surface area contributed by atoms with Gasteiger partial charge in [-0.2, -0.15) is 5.10 Å².